The summed E-state index contributed by atoms with van der Waals surface area (Å²) >= 11 is 0. The average Bonchev–Trinajstić information content (AvgIpc) is 3.39. The molecule has 2 aromatic heterocycles. The Bertz CT molecular complexity index is 1420. The summed E-state index contributed by atoms with van der Waals surface area (Å²) in [6.07, 6.45) is 1.80. The summed E-state index contributed by atoms with van der Waals surface area (Å²) in [5.41, 5.74) is 4.90. The Morgan fingerprint density at radius 1 is 1.03 bits per heavy atom. The number of fused-ring (bicyclic) bond motifs is 2. The standard InChI is InChI=1S/C24H20N4O3/c29-22(12-13-28-20-8-4-5-9-21(20)31-24(28)30)27-23(16-6-2-1-3-7-16)17-10-11-18-19(14-17)26-15-25-18/h1-11,14-15,23H,12-13H2,(H,25,26)(H,27,29). The van der Waals surface area contributed by atoms with E-state index >= 15 is 0 Å². The number of aromatic nitrogens is 3. The van der Waals surface area contributed by atoms with Crippen LogP contribution in [-0.2, 0) is 11.3 Å². The minimum Gasteiger partial charge on any atom is -0.408 e. The molecule has 0 fully saturated rings. The molecule has 3 aromatic carbocycles. The summed E-state index contributed by atoms with van der Waals surface area (Å²) in [4.78, 5) is 32.4. The van der Waals surface area contributed by atoms with Gasteiger partial charge in [0.2, 0.25) is 5.91 Å². The van der Waals surface area contributed by atoms with Gasteiger partial charge in [-0.1, -0.05) is 48.5 Å². The van der Waals surface area contributed by atoms with Crippen LogP contribution < -0.4 is 11.1 Å². The number of carbonyl (C=O) groups excluding carboxylic acids is 1. The van der Waals surface area contributed by atoms with Gasteiger partial charge in [0, 0.05) is 13.0 Å². The number of hydrogen-bond acceptors (Lipinski definition) is 4. The molecule has 2 N–H and O–H groups in total. The lowest BCUT2D eigenvalue weighted by atomic mass is 9.98. The molecule has 0 saturated heterocycles. The number of aryl methyl sites for hydroxylation is 1. The molecule has 0 aliphatic rings. The van der Waals surface area contributed by atoms with Crippen LogP contribution in [0.1, 0.15) is 23.6 Å². The van der Waals surface area contributed by atoms with Crippen molar-refractivity contribution in [3.8, 4) is 0 Å². The number of oxazole rings is 1. The fourth-order valence-corrected chi connectivity index (χ4v) is 3.81. The molecule has 7 nitrogen and oxygen atoms in total. The van der Waals surface area contributed by atoms with E-state index in [0.717, 1.165) is 22.2 Å². The first-order valence-corrected chi connectivity index (χ1v) is 10.0. The zero-order valence-corrected chi connectivity index (χ0v) is 16.6. The van der Waals surface area contributed by atoms with Crippen molar-refractivity contribution in [1.82, 2.24) is 19.9 Å². The van der Waals surface area contributed by atoms with Gasteiger partial charge in [-0.2, -0.15) is 0 Å². The third kappa shape index (κ3) is 3.73. The second-order valence-electron chi connectivity index (χ2n) is 7.33. The molecule has 5 aromatic rings. The van der Waals surface area contributed by atoms with E-state index in [4.69, 9.17) is 4.42 Å². The lowest BCUT2D eigenvalue weighted by Gasteiger charge is -2.20. The summed E-state index contributed by atoms with van der Waals surface area (Å²) in [7, 11) is 0. The van der Waals surface area contributed by atoms with Crippen LogP contribution in [0, 0.1) is 0 Å². The van der Waals surface area contributed by atoms with Gasteiger partial charge >= 0.3 is 5.76 Å². The summed E-state index contributed by atoms with van der Waals surface area (Å²) in [6.45, 7) is 0.239. The minimum atomic E-state index is -0.460. The quantitative estimate of drug-likeness (QED) is 0.444. The van der Waals surface area contributed by atoms with Crippen molar-refractivity contribution in [3.63, 3.8) is 0 Å². The number of H-pyrrole nitrogens is 1. The van der Waals surface area contributed by atoms with Gasteiger partial charge in [0.1, 0.15) is 0 Å². The minimum absolute atomic E-state index is 0.152. The summed E-state index contributed by atoms with van der Waals surface area (Å²) in [6, 6.07) is 22.6. The molecule has 0 bridgehead atoms. The predicted molar refractivity (Wildman–Crippen MR) is 118 cm³/mol. The molecule has 7 heteroatoms. The van der Waals surface area contributed by atoms with Gasteiger partial charge in [-0.05, 0) is 35.4 Å². The van der Waals surface area contributed by atoms with E-state index in [2.05, 4.69) is 15.3 Å². The van der Waals surface area contributed by atoms with Gasteiger partial charge in [0.25, 0.3) is 0 Å². The Balaban J connectivity index is 1.39. The number of imidazole rings is 1. The van der Waals surface area contributed by atoms with Crippen LogP contribution in [0.5, 0.6) is 0 Å². The lowest BCUT2D eigenvalue weighted by molar-refractivity contribution is -0.121. The van der Waals surface area contributed by atoms with Crippen LogP contribution in [0.3, 0.4) is 0 Å². The highest BCUT2D eigenvalue weighted by Gasteiger charge is 2.18. The molecular weight excluding hydrogens is 392 g/mol. The molecule has 0 aliphatic heterocycles. The Labute approximate surface area is 177 Å². The van der Waals surface area contributed by atoms with Crippen LogP contribution in [0.15, 0.2) is 88.3 Å². The van der Waals surface area contributed by atoms with Gasteiger partial charge in [-0.25, -0.2) is 9.78 Å². The van der Waals surface area contributed by atoms with Gasteiger partial charge < -0.3 is 14.7 Å². The highest BCUT2D eigenvalue weighted by molar-refractivity contribution is 5.79. The number of hydrogen-bond donors (Lipinski definition) is 2. The molecule has 0 spiro atoms. The van der Waals surface area contributed by atoms with Gasteiger partial charge in [0.05, 0.1) is 28.9 Å². The van der Waals surface area contributed by atoms with Crippen LogP contribution in [0.25, 0.3) is 22.1 Å². The fraction of sp³-hybridized carbons (Fsp3) is 0.125. The molecular formula is C24H20N4O3. The third-order valence-corrected chi connectivity index (χ3v) is 5.35. The van der Waals surface area contributed by atoms with E-state index in [9.17, 15) is 9.59 Å². The van der Waals surface area contributed by atoms with Crippen molar-refractivity contribution in [3.05, 3.63) is 101 Å². The van der Waals surface area contributed by atoms with Crippen molar-refractivity contribution in [2.24, 2.45) is 0 Å². The summed E-state index contributed by atoms with van der Waals surface area (Å²) < 4.78 is 6.74. The zero-order chi connectivity index (χ0) is 21.2. The second-order valence-corrected chi connectivity index (χ2v) is 7.33. The Morgan fingerprint density at radius 3 is 2.71 bits per heavy atom. The van der Waals surface area contributed by atoms with Gasteiger partial charge in [-0.3, -0.25) is 9.36 Å². The number of benzene rings is 3. The normalized spacial score (nSPS) is 12.3. The van der Waals surface area contributed by atoms with Gasteiger partial charge in [0.15, 0.2) is 5.58 Å². The maximum Gasteiger partial charge on any atom is 0.419 e. The molecule has 1 unspecified atom stereocenters. The fourth-order valence-electron chi connectivity index (χ4n) is 3.81. The highest BCUT2D eigenvalue weighted by atomic mass is 16.4. The molecule has 0 radical (unpaired) electrons. The molecule has 5 rings (SSSR count). The molecule has 0 aliphatic carbocycles. The number of para-hydroxylation sites is 2. The van der Waals surface area contributed by atoms with Crippen molar-refractivity contribution in [2.75, 3.05) is 0 Å². The van der Waals surface area contributed by atoms with E-state index in [0.29, 0.717) is 11.1 Å². The third-order valence-electron chi connectivity index (χ3n) is 5.35. The van der Waals surface area contributed by atoms with E-state index < -0.39 is 5.76 Å². The topological polar surface area (TPSA) is 92.9 Å². The zero-order valence-electron chi connectivity index (χ0n) is 16.6. The van der Waals surface area contributed by atoms with Crippen molar-refractivity contribution in [2.45, 2.75) is 19.0 Å². The molecule has 0 saturated carbocycles. The number of aromatic amines is 1. The Hall–Kier alpha value is -4.13. The number of carbonyl (C=O) groups is 1. The second kappa shape index (κ2) is 7.95. The monoisotopic (exact) mass is 412 g/mol. The first-order chi connectivity index (χ1) is 15.2. The van der Waals surface area contributed by atoms with Crippen LogP contribution in [0.4, 0.5) is 0 Å². The number of amides is 1. The van der Waals surface area contributed by atoms with E-state index in [1.165, 1.54) is 4.57 Å². The number of rotatable bonds is 6. The molecule has 1 amide bonds. The van der Waals surface area contributed by atoms with Crippen molar-refractivity contribution < 1.29 is 9.21 Å². The highest BCUT2D eigenvalue weighted by Crippen LogP contribution is 2.25. The largest absolute Gasteiger partial charge is 0.419 e. The maximum absolute atomic E-state index is 12.9. The first-order valence-electron chi connectivity index (χ1n) is 10.0. The van der Waals surface area contributed by atoms with Gasteiger partial charge in [-0.15, -0.1) is 0 Å². The SMILES string of the molecule is O=C(CCn1c(=O)oc2ccccc21)NC(c1ccccc1)c1ccc2nc[nH]c2c1. The number of nitrogens with one attached hydrogen (secondary N) is 2. The van der Waals surface area contributed by atoms with E-state index in [-0.39, 0.29) is 24.9 Å². The van der Waals surface area contributed by atoms with Crippen LogP contribution >= 0.6 is 0 Å². The first kappa shape index (κ1) is 18.9. The van der Waals surface area contributed by atoms with E-state index in [1.807, 2.05) is 66.7 Å². The molecule has 2 heterocycles. The van der Waals surface area contributed by atoms with E-state index in [1.54, 1.807) is 12.4 Å². The molecule has 154 valence electrons. The average molecular weight is 412 g/mol. The van der Waals surface area contributed by atoms with Crippen molar-refractivity contribution >= 4 is 28.0 Å². The smallest absolute Gasteiger partial charge is 0.408 e. The Morgan fingerprint density at radius 2 is 1.84 bits per heavy atom. The summed E-state index contributed by atoms with van der Waals surface area (Å²) in [5, 5.41) is 3.12. The number of nitrogens with zero attached hydrogens (tertiary/aromatic N) is 2. The van der Waals surface area contributed by atoms with Crippen LogP contribution in [-0.4, -0.2) is 20.4 Å². The van der Waals surface area contributed by atoms with Crippen molar-refractivity contribution in [1.29, 1.82) is 0 Å². The van der Waals surface area contributed by atoms with Crippen LogP contribution in [0.2, 0.25) is 0 Å². The molecule has 1 atom stereocenters. The predicted octanol–water partition coefficient (Wildman–Crippen LogP) is 3.77. The maximum atomic E-state index is 12.9. The summed E-state index contributed by atoms with van der Waals surface area (Å²) in [5.74, 6) is -0.617. The lowest BCUT2D eigenvalue weighted by Crippen LogP contribution is -2.30. The Kier molecular flexibility index (Phi) is 4.84. The molecule has 31 heavy (non-hydrogen) atoms.